The Morgan fingerprint density at radius 3 is 2.09 bits per heavy atom. The number of rotatable bonds is 4. The van der Waals surface area contributed by atoms with Crippen molar-refractivity contribution in [3.63, 3.8) is 0 Å². The summed E-state index contributed by atoms with van der Waals surface area (Å²) >= 11 is 0. The van der Waals surface area contributed by atoms with Crippen molar-refractivity contribution in [2.75, 3.05) is 0 Å². The van der Waals surface area contributed by atoms with E-state index in [1.165, 1.54) is 5.56 Å². The van der Waals surface area contributed by atoms with E-state index in [9.17, 15) is 10.1 Å². The second kappa shape index (κ2) is 6.66. The number of aromatic carboxylic acids is 1. The summed E-state index contributed by atoms with van der Waals surface area (Å²) in [6.07, 6.45) is 0.575. The summed E-state index contributed by atoms with van der Waals surface area (Å²) in [7, 11) is 0. The fourth-order valence-corrected chi connectivity index (χ4v) is 2.47. The van der Waals surface area contributed by atoms with Crippen LogP contribution in [0.25, 0.3) is 0 Å². The summed E-state index contributed by atoms with van der Waals surface area (Å²) in [5.74, 6) is -1.18. The van der Waals surface area contributed by atoms with Crippen LogP contribution in [-0.2, 0) is 11.8 Å². The van der Waals surface area contributed by atoms with Gasteiger partial charge in [0.15, 0.2) is 0 Å². The summed E-state index contributed by atoms with van der Waals surface area (Å²) in [5, 5.41) is 18.4. The molecule has 0 aliphatic rings. The first-order chi connectivity index (χ1) is 10.8. The highest BCUT2D eigenvalue weighted by molar-refractivity contribution is 5.87. The van der Waals surface area contributed by atoms with Crippen LogP contribution in [0, 0.1) is 11.3 Å². The molecule has 3 heteroatoms. The van der Waals surface area contributed by atoms with E-state index in [1.807, 2.05) is 12.1 Å². The lowest BCUT2D eigenvalue weighted by Gasteiger charge is -2.20. The normalized spacial score (nSPS) is 12.4. The number of nitrogens with zero attached hydrogens (tertiary/aromatic N) is 1. The Hall–Kier alpha value is -2.60. The predicted molar refractivity (Wildman–Crippen MR) is 90.6 cm³/mol. The van der Waals surface area contributed by atoms with E-state index in [4.69, 9.17) is 5.11 Å². The van der Waals surface area contributed by atoms with Crippen LogP contribution in [0.3, 0.4) is 0 Å². The molecule has 0 aromatic heterocycles. The molecule has 23 heavy (non-hydrogen) atoms. The minimum Gasteiger partial charge on any atom is -0.478 e. The lowest BCUT2D eigenvalue weighted by atomic mass is 9.85. The standard InChI is InChI=1S/C20H21NO2/c1-20(2,3)18-10-8-15(9-11-18)17(13-21)12-14-4-6-16(7-5-14)19(22)23/h4-11,17H,12H2,1-3H3,(H,22,23). The van der Waals surface area contributed by atoms with Gasteiger partial charge in [0.2, 0.25) is 0 Å². The van der Waals surface area contributed by atoms with Crippen LogP contribution in [0.1, 0.15) is 53.7 Å². The van der Waals surface area contributed by atoms with E-state index in [0.717, 1.165) is 11.1 Å². The van der Waals surface area contributed by atoms with Crippen LogP contribution in [0.15, 0.2) is 48.5 Å². The Bertz CT molecular complexity index is 716. The van der Waals surface area contributed by atoms with Gasteiger partial charge in [0.25, 0.3) is 0 Å². The zero-order chi connectivity index (χ0) is 17.0. The third kappa shape index (κ3) is 4.20. The second-order valence-electron chi connectivity index (χ2n) is 6.76. The molecule has 2 aromatic carbocycles. The molecule has 0 aliphatic heterocycles. The Kier molecular flexibility index (Phi) is 4.86. The largest absolute Gasteiger partial charge is 0.478 e. The van der Waals surface area contributed by atoms with Crippen molar-refractivity contribution in [2.45, 2.75) is 38.5 Å². The van der Waals surface area contributed by atoms with E-state index in [2.05, 4.69) is 39.0 Å². The minimum atomic E-state index is -0.939. The molecule has 3 nitrogen and oxygen atoms in total. The molecule has 0 saturated carbocycles. The van der Waals surface area contributed by atoms with Crippen LogP contribution in [0.4, 0.5) is 0 Å². The number of carboxylic acid groups (broad SMARTS) is 1. The summed E-state index contributed by atoms with van der Waals surface area (Å²) in [5.41, 5.74) is 3.54. The molecule has 1 unspecified atom stereocenters. The van der Waals surface area contributed by atoms with E-state index in [0.29, 0.717) is 6.42 Å². The van der Waals surface area contributed by atoms with E-state index in [-0.39, 0.29) is 16.9 Å². The number of benzene rings is 2. The predicted octanol–water partition coefficient (Wildman–Crippen LogP) is 4.53. The van der Waals surface area contributed by atoms with Gasteiger partial charge in [-0.2, -0.15) is 5.26 Å². The maximum Gasteiger partial charge on any atom is 0.335 e. The quantitative estimate of drug-likeness (QED) is 0.902. The summed E-state index contributed by atoms with van der Waals surface area (Å²) in [6.45, 7) is 6.48. The molecule has 0 radical (unpaired) electrons. The third-order valence-corrected chi connectivity index (χ3v) is 3.98. The monoisotopic (exact) mass is 307 g/mol. The fraction of sp³-hybridized carbons (Fsp3) is 0.300. The van der Waals surface area contributed by atoms with E-state index in [1.54, 1.807) is 24.3 Å². The molecule has 0 heterocycles. The first-order valence-electron chi connectivity index (χ1n) is 7.63. The van der Waals surface area contributed by atoms with Crippen molar-refractivity contribution in [2.24, 2.45) is 0 Å². The Balaban J connectivity index is 2.17. The smallest absolute Gasteiger partial charge is 0.335 e. The highest BCUT2D eigenvalue weighted by Gasteiger charge is 2.16. The molecule has 1 N–H and O–H groups in total. The van der Waals surface area contributed by atoms with Crippen LogP contribution in [0.2, 0.25) is 0 Å². The average molecular weight is 307 g/mol. The van der Waals surface area contributed by atoms with Gasteiger partial charge in [0.05, 0.1) is 17.6 Å². The van der Waals surface area contributed by atoms with Crippen molar-refractivity contribution >= 4 is 5.97 Å². The van der Waals surface area contributed by atoms with Gasteiger partial charge in [-0.3, -0.25) is 0 Å². The van der Waals surface area contributed by atoms with Gasteiger partial charge < -0.3 is 5.11 Å². The molecule has 0 aliphatic carbocycles. The zero-order valence-electron chi connectivity index (χ0n) is 13.7. The third-order valence-electron chi connectivity index (χ3n) is 3.98. The summed E-state index contributed by atoms with van der Waals surface area (Å²) < 4.78 is 0. The van der Waals surface area contributed by atoms with Crippen molar-refractivity contribution in [1.29, 1.82) is 5.26 Å². The fourth-order valence-electron chi connectivity index (χ4n) is 2.47. The van der Waals surface area contributed by atoms with Crippen molar-refractivity contribution < 1.29 is 9.90 Å². The summed E-state index contributed by atoms with van der Waals surface area (Å²) in [4.78, 5) is 10.9. The van der Waals surface area contributed by atoms with Crippen LogP contribution >= 0.6 is 0 Å². The molecule has 0 amide bonds. The van der Waals surface area contributed by atoms with Gasteiger partial charge in [-0.1, -0.05) is 57.2 Å². The van der Waals surface area contributed by atoms with Gasteiger partial charge in [-0.15, -0.1) is 0 Å². The lowest BCUT2D eigenvalue weighted by molar-refractivity contribution is 0.0697. The Labute approximate surface area is 137 Å². The molecule has 0 bridgehead atoms. The number of nitriles is 1. The van der Waals surface area contributed by atoms with E-state index < -0.39 is 5.97 Å². The molecule has 0 spiro atoms. The minimum absolute atomic E-state index is 0.0906. The highest BCUT2D eigenvalue weighted by Crippen LogP contribution is 2.26. The zero-order valence-corrected chi connectivity index (χ0v) is 13.7. The van der Waals surface area contributed by atoms with Crippen LogP contribution < -0.4 is 0 Å². The van der Waals surface area contributed by atoms with Crippen molar-refractivity contribution in [1.82, 2.24) is 0 Å². The molecular weight excluding hydrogens is 286 g/mol. The molecular formula is C20H21NO2. The van der Waals surface area contributed by atoms with Crippen LogP contribution in [-0.4, -0.2) is 11.1 Å². The Morgan fingerprint density at radius 1 is 1.09 bits per heavy atom. The average Bonchev–Trinajstić information content (AvgIpc) is 2.52. The van der Waals surface area contributed by atoms with Gasteiger partial charge in [-0.05, 0) is 40.7 Å². The molecule has 2 aromatic rings. The van der Waals surface area contributed by atoms with Crippen molar-refractivity contribution in [3.05, 3.63) is 70.8 Å². The number of hydrogen-bond donors (Lipinski definition) is 1. The summed E-state index contributed by atoms with van der Waals surface area (Å²) in [6, 6.07) is 17.2. The molecule has 1 atom stereocenters. The highest BCUT2D eigenvalue weighted by atomic mass is 16.4. The first-order valence-corrected chi connectivity index (χ1v) is 7.63. The van der Waals surface area contributed by atoms with Crippen molar-refractivity contribution in [3.8, 4) is 6.07 Å². The first kappa shape index (κ1) is 16.8. The second-order valence-corrected chi connectivity index (χ2v) is 6.76. The van der Waals surface area contributed by atoms with Gasteiger partial charge in [0, 0.05) is 0 Å². The number of hydrogen-bond acceptors (Lipinski definition) is 2. The van der Waals surface area contributed by atoms with Gasteiger partial charge in [-0.25, -0.2) is 4.79 Å². The molecule has 118 valence electrons. The molecule has 0 saturated heterocycles. The SMILES string of the molecule is CC(C)(C)c1ccc(C(C#N)Cc2ccc(C(=O)O)cc2)cc1. The molecule has 2 rings (SSSR count). The maximum atomic E-state index is 10.9. The molecule has 0 fully saturated rings. The topological polar surface area (TPSA) is 61.1 Å². The lowest BCUT2D eigenvalue weighted by Crippen LogP contribution is -2.11. The number of carbonyl (C=O) groups is 1. The van der Waals surface area contributed by atoms with Gasteiger partial charge >= 0.3 is 5.97 Å². The Morgan fingerprint density at radius 2 is 1.65 bits per heavy atom. The maximum absolute atomic E-state index is 10.9. The van der Waals surface area contributed by atoms with Gasteiger partial charge in [0.1, 0.15) is 0 Å². The van der Waals surface area contributed by atoms with Crippen LogP contribution in [0.5, 0.6) is 0 Å². The van der Waals surface area contributed by atoms with E-state index >= 15 is 0 Å². The number of carboxylic acids is 1.